The number of benzene rings is 3. The quantitative estimate of drug-likeness (QED) is 0.0248. The Hall–Kier alpha value is -9.32. The lowest BCUT2D eigenvalue weighted by Gasteiger charge is -2.29. The van der Waals surface area contributed by atoms with Crippen LogP contribution in [-0.4, -0.2) is 108 Å². The Morgan fingerprint density at radius 1 is 0.472 bits per heavy atom. The highest BCUT2D eigenvalue weighted by Crippen LogP contribution is 2.41. The second kappa shape index (κ2) is 30.5. The number of nitrogens with zero attached hydrogens (tertiary/aromatic N) is 9. The van der Waals surface area contributed by atoms with E-state index in [2.05, 4.69) is 108 Å². The van der Waals surface area contributed by atoms with Crippen molar-refractivity contribution in [1.29, 1.82) is 0 Å². The van der Waals surface area contributed by atoms with Gasteiger partial charge in [-0.2, -0.15) is 0 Å². The van der Waals surface area contributed by atoms with Crippen LogP contribution in [0, 0.1) is 33.1 Å². The lowest BCUT2D eigenvalue weighted by atomic mass is 9.96. The lowest BCUT2D eigenvalue weighted by molar-refractivity contribution is -0.138. The van der Waals surface area contributed by atoms with Gasteiger partial charge in [-0.25, -0.2) is 29.9 Å². The van der Waals surface area contributed by atoms with Crippen LogP contribution >= 0.6 is 0 Å². The van der Waals surface area contributed by atoms with E-state index in [0.717, 1.165) is 126 Å². The predicted octanol–water partition coefficient (Wildman–Crippen LogP) is 6.95. The highest BCUT2D eigenvalue weighted by molar-refractivity contribution is 5.82. The molecule has 0 fully saturated rings. The Kier molecular flexibility index (Phi) is 23.1. The maximum absolute atomic E-state index is 12.6. The predicted molar refractivity (Wildman–Crippen MR) is 347 cm³/mol. The molecule has 6 heterocycles. The fourth-order valence-electron chi connectivity index (χ4n) is 10.4. The molecule has 3 aliphatic heterocycles. The van der Waals surface area contributed by atoms with E-state index in [-0.39, 0.29) is 58.8 Å². The van der Waals surface area contributed by atoms with Crippen molar-refractivity contribution in [2.24, 2.45) is 20.4 Å². The second-order valence-corrected chi connectivity index (χ2v) is 23.8. The lowest BCUT2D eigenvalue weighted by Crippen LogP contribution is -2.42. The number of aliphatic hydroxyl groups is 1. The molecule has 3 aliphatic rings. The molecule has 24 heteroatoms. The van der Waals surface area contributed by atoms with E-state index >= 15 is 0 Å². The van der Waals surface area contributed by atoms with E-state index in [1.165, 1.54) is 0 Å². The normalized spacial score (nSPS) is 12.4. The minimum Gasteiger partial charge on any atom is -0.481 e. The van der Waals surface area contributed by atoms with Gasteiger partial charge in [-0.15, -0.1) is 0 Å². The molecule has 0 aliphatic carbocycles. The summed E-state index contributed by atoms with van der Waals surface area (Å²) >= 11 is 0. The number of carboxylic acids is 3. The number of nitrogens with one attached hydrogen (secondary N) is 5. The van der Waals surface area contributed by atoms with Crippen molar-refractivity contribution in [3.63, 3.8) is 0 Å². The molecular weight excluding hydrogens is 1140 g/mol. The smallest absolute Gasteiger partial charge is 0.303 e. The third-order valence-corrected chi connectivity index (χ3v) is 15.2. The molecule has 9 rings (SSSR count). The first-order valence-corrected chi connectivity index (χ1v) is 30.3. The van der Waals surface area contributed by atoms with Crippen molar-refractivity contribution in [3.05, 3.63) is 122 Å². The van der Waals surface area contributed by atoms with Gasteiger partial charge in [-0.05, 0) is 130 Å². The number of H-pyrrole nitrogens is 3. The molecule has 6 aromatic rings. The molecule has 9 N–H and O–H groups in total. The van der Waals surface area contributed by atoms with Crippen LogP contribution in [0.3, 0.4) is 0 Å². The number of carboxylic acid groups (broad SMARTS) is 3. The van der Waals surface area contributed by atoms with E-state index in [9.17, 15) is 28.8 Å². The van der Waals surface area contributed by atoms with Gasteiger partial charge < -0.3 is 60.7 Å². The fraction of sp³-hybridized carbons (Fsp3) is 0.446. The summed E-state index contributed by atoms with van der Waals surface area (Å²) in [6.45, 7) is 29.1. The number of aryl methyl sites for hydroxylation is 4. The van der Waals surface area contributed by atoms with Gasteiger partial charge in [0.1, 0.15) is 16.4 Å². The van der Waals surface area contributed by atoms with Crippen LogP contribution in [0.1, 0.15) is 139 Å². The minimum atomic E-state index is -0.778. The molecule has 0 unspecified atom stereocenters. The molecule has 0 saturated carbocycles. The minimum absolute atomic E-state index is 0.0194. The highest BCUT2D eigenvalue weighted by Gasteiger charge is 2.27. The van der Waals surface area contributed by atoms with Crippen molar-refractivity contribution in [2.75, 3.05) is 64.7 Å². The summed E-state index contributed by atoms with van der Waals surface area (Å²) < 4.78 is 0. The largest absolute Gasteiger partial charge is 0.481 e. The van der Waals surface area contributed by atoms with Crippen LogP contribution < -0.4 is 74.5 Å². The second-order valence-electron chi connectivity index (χ2n) is 23.8. The third-order valence-electron chi connectivity index (χ3n) is 15.2. The Morgan fingerprint density at radius 3 is 1.12 bits per heavy atom. The first kappa shape index (κ1) is 67.2. The molecule has 0 spiro atoms. The number of fused-ring (bicyclic) bond motifs is 6. The van der Waals surface area contributed by atoms with E-state index < -0.39 is 17.9 Å². The van der Waals surface area contributed by atoms with Crippen LogP contribution in [0.2, 0.25) is 0 Å². The third kappa shape index (κ3) is 18.1. The number of hydrogen-bond acceptors (Lipinski definition) is 18. The van der Waals surface area contributed by atoms with Gasteiger partial charge in [0.2, 0.25) is 0 Å². The van der Waals surface area contributed by atoms with Gasteiger partial charge in [0.15, 0.2) is 33.5 Å². The van der Waals surface area contributed by atoms with E-state index in [4.69, 9.17) is 20.4 Å². The zero-order valence-electron chi connectivity index (χ0n) is 52.2. The van der Waals surface area contributed by atoms with Gasteiger partial charge in [-0.3, -0.25) is 28.8 Å². The number of aromatic amines is 3. The van der Waals surface area contributed by atoms with Crippen LogP contribution in [-0.2, 0) is 14.4 Å². The van der Waals surface area contributed by atoms with Gasteiger partial charge in [0.25, 0.3) is 16.7 Å². The first-order chi connectivity index (χ1) is 42.3. The molecule has 474 valence electrons. The average molecular weight is 1220 g/mol. The number of hydrogen-bond donors (Lipinski definition) is 9. The summed E-state index contributed by atoms with van der Waals surface area (Å²) in [5.74, 6) is -0.776. The van der Waals surface area contributed by atoms with Gasteiger partial charge in [-0.1, -0.05) is 79.0 Å². The maximum atomic E-state index is 12.6. The average Bonchev–Trinajstić information content (AvgIpc) is 0.841. The molecule has 3 aromatic heterocycles. The first-order valence-electron chi connectivity index (χ1n) is 30.3. The van der Waals surface area contributed by atoms with E-state index in [0.29, 0.717) is 90.3 Å². The van der Waals surface area contributed by atoms with Gasteiger partial charge in [0.05, 0.1) is 40.7 Å². The summed E-state index contributed by atoms with van der Waals surface area (Å²) in [5, 5.41) is 43.1. The fourth-order valence-corrected chi connectivity index (χ4v) is 10.4. The SMILES string of the molecule is C=c1nc2c(c(=O)[nH]1)=Nc1cc(C)c(C)cc1N2CCCCCCC(=O)O.C=c1nc2c(c(=O)[nH]1)=Nc1cc(C)c(NCC(C)(C)C)cc1N2CCCCCCC(=O)O.C=c1nc2c(c(=O)[nH]1)=Nc1cc(C)c(NCCO)cc1N2CCCCCCC(=O)O. The molecule has 0 radical (unpaired) electrons. The monoisotopic (exact) mass is 1220 g/mol. The van der Waals surface area contributed by atoms with E-state index in [1.807, 2.05) is 66.7 Å². The number of unbranched alkanes of at least 4 members (excludes halogenated alkanes) is 9. The molecule has 0 amide bonds. The Balaban J connectivity index is 0.000000191. The number of rotatable bonds is 26. The molecule has 0 saturated heterocycles. The van der Waals surface area contributed by atoms with Crippen molar-refractivity contribution in [3.8, 4) is 0 Å². The standard InChI is InChI=1S/C24H33N5O3.C21H27N5O4.C20H24N4O3/c1-15-12-18-19(13-17(15)25-14-24(3,4)5)29(11-9-7-6-8-10-20(30)31)22-21(28-18)23(32)27-16(2)26-22;1-13-11-16-17(12-15(13)22-8-10-27)26(9-6-4-3-5-7-18(28)29)20-19(25-16)21(30)24-14(2)23-20;1-12-10-15-16(11-13(12)2)24(9-7-5-4-6-8-17(25)26)19-18(23-15)20(27)22-14(3)21-19/h12-13,25H,2,6-11,14H2,1,3-5H3,(H,27,32)(H,30,31);11-12,22,27H,2-10H2,1H3,(H,24,30)(H,28,29);10-11H,3-9H2,1-2H3,(H,22,27)(H,25,26). The Labute approximate surface area is 515 Å². The van der Waals surface area contributed by atoms with E-state index in [1.54, 1.807) is 0 Å². The Morgan fingerprint density at radius 2 is 0.787 bits per heavy atom. The zero-order valence-corrected chi connectivity index (χ0v) is 52.2. The summed E-state index contributed by atoms with van der Waals surface area (Å²) in [6, 6.07) is 12.0. The summed E-state index contributed by atoms with van der Waals surface area (Å²) in [4.78, 5) is 110. The molecule has 24 nitrogen and oxygen atoms in total. The number of carbonyl (C=O) groups is 3. The number of aromatic nitrogens is 6. The van der Waals surface area contributed by atoms with Crippen LogP contribution in [0.5, 0.6) is 0 Å². The molecule has 0 atom stereocenters. The van der Waals surface area contributed by atoms with Crippen LogP contribution in [0.25, 0.3) is 19.7 Å². The number of aliphatic carboxylic acids is 3. The highest BCUT2D eigenvalue weighted by atomic mass is 16.4. The van der Waals surface area contributed by atoms with Crippen LogP contribution in [0.4, 0.5) is 63.0 Å². The van der Waals surface area contributed by atoms with Crippen LogP contribution in [0.15, 0.2) is 65.8 Å². The molecule has 3 aromatic carbocycles. The van der Waals surface area contributed by atoms with Gasteiger partial charge >= 0.3 is 17.9 Å². The Bertz CT molecular complexity index is 4140. The number of aliphatic hydroxyl groups excluding tert-OH is 1. The molecule has 89 heavy (non-hydrogen) atoms. The number of anilines is 8. The summed E-state index contributed by atoms with van der Waals surface area (Å²) in [5.41, 5.74) is 11.2. The topological polar surface area (TPSA) is 340 Å². The maximum Gasteiger partial charge on any atom is 0.303 e. The summed E-state index contributed by atoms with van der Waals surface area (Å²) in [6.07, 6.45) is 10.3. The zero-order chi connectivity index (χ0) is 64.7. The van der Waals surface area contributed by atoms with Crippen molar-refractivity contribution < 1.29 is 34.8 Å². The van der Waals surface area contributed by atoms with Gasteiger partial charge in [0, 0.05) is 63.4 Å². The van der Waals surface area contributed by atoms with Crippen molar-refractivity contribution in [2.45, 2.75) is 145 Å². The molecular formula is C65H84N14O10. The van der Waals surface area contributed by atoms with Crippen molar-refractivity contribution >= 4 is 101 Å². The summed E-state index contributed by atoms with van der Waals surface area (Å²) in [7, 11) is 0. The van der Waals surface area contributed by atoms with Crippen molar-refractivity contribution in [1.82, 2.24) is 29.9 Å². The molecule has 0 bridgehead atoms.